The number of urea groups is 1. The lowest BCUT2D eigenvalue weighted by Gasteiger charge is -2.32. The summed E-state index contributed by atoms with van der Waals surface area (Å²) in [4.78, 5) is 25.9. The molecule has 0 aromatic heterocycles. The smallest absolute Gasteiger partial charge is 0.318 e. The molecule has 0 aromatic carbocycles. The lowest BCUT2D eigenvalue weighted by Crippen LogP contribution is -2.66. The number of carbonyl (C=O) groups excluding carboxylic acids is 2. The number of primary amides is 1. The van der Waals surface area contributed by atoms with Crippen molar-refractivity contribution in [2.75, 3.05) is 20.2 Å². The van der Waals surface area contributed by atoms with E-state index in [9.17, 15) is 9.59 Å². The summed E-state index contributed by atoms with van der Waals surface area (Å²) in [6.07, 6.45) is 0. The predicted octanol–water partition coefficient (Wildman–Crippen LogP) is -2.91. The average Bonchev–Trinajstić information content (AvgIpc) is 2.18. The molecule has 1 aliphatic rings. The highest BCUT2D eigenvalue weighted by Crippen LogP contribution is 2.07. The van der Waals surface area contributed by atoms with Crippen LogP contribution in [0.4, 0.5) is 4.79 Å². The molecular formula is C7H13N5O3. The first-order valence-electron chi connectivity index (χ1n) is 4.26. The average molecular weight is 215 g/mol. The highest BCUT2D eigenvalue weighted by molar-refractivity contribution is 6.08. The van der Waals surface area contributed by atoms with Crippen LogP contribution < -0.4 is 21.7 Å². The summed E-state index contributed by atoms with van der Waals surface area (Å²) in [5.41, 5.74) is 3.72. The molecule has 6 N–H and O–H groups in total. The Morgan fingerprint density at radius 3 is 2.87 bits per heavy atom. The zero-order valence-electron chi connectivity index (χ0n) is 8.20. The van der Waals surface area contributed by atoms with Gasteiger partial charge in [-0.15, -0.1) is 0 Å². The molecule has 0 bridgehead atoms. The van der Waals surface area contributed by atoms with Crippen molar-refractivity contribution in [1.29, 1.82) is 0 Å². The number of nitrogens with one attached hydrogen (secondary N) is 3. The molecule has 0 saturated carbocycles. The van der Waals surface area contributed by atoms with E-state index in [4.69, 9.17) is 10.8 Å². The van der Waals surface area contributed by atoms with Gasteiger partial charge in [0.1, 0.15) is 5.54 Å². The molecule has 0 spiro atoms. The molecule has 3 amide bonds. The van der Waals surface area contributed by atoms with E-state index < -0.39 is 17.5 Å². The van der Waals surface area contributed by atoms with Crippen molar-refractivity contribution >= 4 is 17.9 Å². The van der Waals surface area contributed by atoms with Crippen molar-refractivity contribution in [3.05, 3.63) is 0 Å². The van der Waals surface area contributed by atoms with Gasteiger partial charge in [-0.05, 0) is 7.05 Å². The van der Waals surface area contributed by atoms with Crippen LogP contribution in [-0.4, -0.2) is 48.7 Å². The highest BCUT2D eigenvalue weighted by atomic mass is 16.3. The molecule has 1 atom stereocenters. The minimum Gasteiger partial charge on any atom is -0.394 e. The van der Waals surface area contributed by atoms with Crippen LogP contribution >= 0.6 is 0 Å². The Hall–Kier alpha value is -1.67. The summed E-state index contributed by atoms with van der Waals surface area (Å²) in [6, 6.07) is -0.810. The molecule has 0 aliphatic carbocycles. The number of nitrogens with two attached hydrogens (primary N) is 1. The van der Waals surface area contributed by atoms with E-state index in [1.54, 1.807) is 0 Å². The zero-order chi connectivity index (χ0) is 11.5. The van der Waals surface area contributed by atoms with Crippen molar-refractivity contribution in [3.8, 4) is 0 Å². The maximum absolute atomic E-state index is 11.6. The highest BCUT2D eigenvalue weighted by Gasteiger charge is 2.39. The monoisotopic (exact) mass is 215 g/mol. The fourth-order valence-electron chi connectivity index (χ4n) is 1.13. The number of nitrogens with zero attached hydrogens (tertiary/aromatic N) is 1. The summed E-state index contributed by atoms with van der Waals surface area (Å²) in [5.74, 6) is -0.474. The van der Waals surface area contributed by atoms with E-state index in [-0.39, 0.29) is 19.1 Å². The van der Waals surface area contributed by atoms with Crippen LogP contribution in [0.1, 0.15) is 0 Å². The molecule has 8 heteroatoms. The van der Waals surface area contributed by atoms with Crippen LogP contribution in [0.2, 0.25) is 0 Å². The van der Waals surface area contributed by atoms with Crippen molar-refractivity contribution in [2.45, 2.75) is 5.54 Å². The number of hydrogen-bond donors (Lipinski definition) is 5. The van der Waals surface area contributed by atoms with Crippen molar-refractivity contribution in [1.82, 2.24) is 16.0 Å². The lowest BCUT2D eigenvalue weighted by molar-refractivity contribution is -0.127. The van der Waals surface area contributed by atoms with Gasteiger partial charge in [0.2, 0.25) is 5.96 Å². The van der Waals surface area contributed by atoms with E-state index in [1.165, 1.54) is 7.05 Å². The number of aliphatic hydroxyl groups excluding tert-OH is 1. The van der Waals surface area contributed by atoms with Crippen LogP contribution in [0, 0.1) is 0 Å². The quantitative estimate of drug-likeness (QED) is 0.338. The molecule has 1 aliphatic heterocycles. The second-order valence-corrected chi connectivity index (χ2v) is 3.10. The second kappa shape index (κ2) is 4.24. The normalized spacial score (nSPS) is 25.5. The van der Waals surface area contributed by atoms with Gasteiger partial charge in [-0.2, -0.15) is 0 Å². The van der Waals surface area contributed by atoms with Crippen LogP contribution in [0.5, 0.6) is 0 Å². The predicted molar refractivity (Wildman–Crippen MR) is 52.0 cm³/mol. The van der Waals surface area contributed by atoms with Crippen molar-refractivity contribution in [3.63, 3.8) is 0 Å². The Morgan fingerprint density at radius 1 is 1.80 bits per heavy atom. The molecule has 0 aromatic rings. The number of rotatable bonds is 2. The number of likely N-dealkylation sites (N-methyl/N-ethyl adjacent to an activating group) is 1. The summed E-state index contributed by atoms with van der Waals surface area (Å²) in [5, 5.41) is 16.2. The summed E-state index contributed by atoms with van der Waals surface area (Å²) >= 11 is 0. The van der Waals surface area contributed by atoms with Gasteiger partial charge in [-0.3, -0.25) is 15.4 Å². The summed E-state index contributed by atoms with van der Waals surface area (Å²) in [7, 11) is 1.54. The van der Waals surface area contributed by atoms with Gasteiger partial charge >= 0.3 is 6.03 Å². The van der Waals surface area contributed by atoms with Gasteiger partial charge in [0.25, 0.3) is 5.91 Å². The Bertz CT molecular complexity index is 310. The molecule has 0 saturated heterocycles. The van der Waals surface area contributed by atoms with E-state index in [0.717, 1.165) is 0 Å². The molecule has 0 fully saturated rings. The number of aliphatic imine (C=N–C) groups is 1. The van der Waals surface area contributed by atoms with Crippen molar-refractivity contribution < 1.29 is 14.7 Å². The third kappa shape index (κ3) is 2.22. The van der Waals surface area contributed by atoms with Gasteiger partial charge < -0.3 is 16.2 Å². The van der Waals surface area contributed by atoms with Crippen LogP contribution in [0.15, 0.2) is 4.99 Å². The van der Waals surface area contributed by atoms with E-state index in [2.05, 4.69) is 20.9 Å². The fourth-order valence-corrected chi connectivity index (χ4v) is 1.13. The number of aliphatic hydroxyl groups is 1. The molecular weight excluding hydrogens is 202 g/mol. The molecule has 0 radical (unpaired) electrons. The molecule has 1 heterocycles. The second-order valence-electron chi connectivity index (χ2n) is 3.10. The minimum absolute atomic E-state index is 0.00757. The largest absolute Gasteiger partial charge is 0.394 e. The van der Waals surface area contributed by atoms with Gasteiger partial charge in [-0.25, -0.2) is 9.79 Å². The van der Waals surface area contributed by atoms with Gasteiger partial charge in [0, 0.05) is 0 Å². The van der Waals surface area contributed by atoms with E-state index >= 15 is 0 Å². The topological polar surface area (TPSA) is 129 Å². The standard InChI is InChI=1S/C7H13N5O3/c1-9-7(3-13)2-10-6(11-4(7)14)12-5(8)15/h9,13H,2-3H2,1H3,(H4,8,10,11,12,14,15)/t7-/m1/s1. The molecule has 8 nitrogen and oxygen atoms in total. The SMILES string of the molecule is CN[C@@]1(CO)CN=C(NC(N)=O)NC1=O. The Labute approximate surface area is 85.9 Å². The number of hydrogen-bond acceptors (Lipinski definition) is 5. The van der Waals surface area contributed by atoms with E-state index in [0.29, 0.717) is 0 Å². The minimum atomic E-state index is -1.14. The Kier molecular flexibility index (Phi) is 3.22. The molecule has 84 valence electrons. The Morgan fingerprint density at radius 2 is 2.47 bits per heavy atom. The first-order valence-corrected chi connectivity index (χ1v) is 4.26. The first-order chi connectivity index (χ1) is 7.04. The van der Waals surface area contributed by atoms with Gasteiger partial charge in [0.05, 0.1) is 13.2 Å². The third-order valence-corrected chi connectivity index (χ3v) is 2.16. The molecule has 15 heavy (non-hydrogen) atoms. The van der Waals surface area contributed by atoms with Gasteiger partial charge in [-0.1, -0.05) is 0 Å². The van der Waals surface area contributed by atoms with E-state index in [1.807, 2.05) is 0 Å². The summed E-state index contributed by atoms with van der Waals surface area (Å²) in [6.45, 7) is -0.357. The zero-order valence-corrected chi connectivity index (χ0v) is 8.20. The molecule has 0 unspecified atom stereocenters. The maximum Gasteiger partial charge on any atom is 0.318 e. The maximum atomic E-state index is 11.6. The Balaban J connectivity index is 2.78. The van der Waals surface area contributed by atoms with Crippen LogP contribution in [0.25, 0.3) is 0 Å². The fraction of sp³-hybridized carbons (Fsp3) is 0.571. The lowest BCUT2D eigenvalue weighted by atomic mass is 9.99. The van der Waals surface area contributed by atoms with Gasteiger partial charge in [0.15, 0.2) is 0 Å². The third-order valence-electron chi connectivity index (χ3n) is 2.16. The number of guanidine groups is 1. The first kappa shape index (κ1) is 11.4. The van der Waals surface area contributed by atoms with Crippen LogP contribution in [0.3, 0.4) is 0 Å². The summed E-state index contributed by atoms with van der Waals surface area (Å²) < 4.78 is 0. The number of carbonyl (C=O) groups is 2. The molecule has 1 rings (SSSR count). The number of amides is 3. The van der Waals surface area contributed by atoms with Crippen LogP contribution in [-0.2, 0) is 4.79 Å². The van der Waals surface area contributed by atoms with Crippen molar-refractivity contribution in [2.24, 2.45) is 10.7 Å².